The van der Waals surface area contributed by atoms with Crippen molar-refractivity contribution < 1.29 is 26.7 Å². The average Bonchev–Trinajstić information content (AvgIpc) is 2.58. The maximum atomic E-state index is 14.4. The normalized spacial score (nSPS) is 20.0. The van der Waals surface area contributed by atoms with Gasteiger partial charge in [0, 0.05) is 37.6 Å². The summed E-state index contributed by atoms with van der Waals surface area (Å²) in [6.45, 7) is 1.37. The van der Waals surface area contributed by atoms with Gasteiger partial charge in [0.25, 0.3) is 11.8 Å². The van der Waals surface area contributed by atoms with Gasteiger partial charge in [-0.2, -0.15) is 8.78 Å². The number of Topliss-reactive ketones (excluding diaryl/α,β-unsaturated/α-hetero) is 1. The molecule has 1 heterocycles. The average molecular weight is 397 g/mol. The van der Waals surface area contributed by atoms with Gasteiger partial charge in [-0.05, 0) is 48.4 Å². The lowest BCUT2D eigenvalue weighted by Crippen LogP contribution is -2.28. The quantitative estimate of drug-likeness (QED) is 0.428. The van der Waals surface area contributed by atoms with Crippen LogP contribution in [0.25, 0.3) is 0 Å². The first-order valence-corrected chi connectivity index (χ1v) is 9.02. The monoisotopic (exact) mass is 397 g/mol. The second kappa shape index (κ2) is 7.26. The van der Waals surface area contributed by atoms with Crippen molar-refractivity contribution in [3.63, 3.8) is 0 Å². The Morgan fingerprint density at radius 1 is 1.11 bits per heavy atom. The maximum absolute atomic E-state index is 14.4. The van der Waals surface area contributed by atoms with Crippen molar-refractivity contribution in [1.82, 2.24) is 4.98 Å². The molecule has 0 aliphatic heterocycles. The lowest BCUT2D eigenvalue weighted by Gasteiger charge is -2.37. The molecule has 1 aromatic heterocycles. The van der Waals surface area contributed by atoms with Crippen LogP contribution in [0.3, 0.4) is 0 Å². The molecule has 0 radical (unpaired) electrons. The Kier molecular flexibility index (Phi) is 5.30. The standard InChI is InChI=1S/C21H20F5NO/c1-20(23,24)13-6-8-15(17(22)11-13)14-7-5-12(14)10-18(28)16-4-3-9-27-19(16)21(2,25)26/h3-4,6,8-9,11-12,14H,5,7,10H2,1-2H3/t12-,14-/m0/s1. The highest BCUT2D eigenvalue weighted by Crippen LogP contribution is 2.46. The van der Waals surface area contributed by atoms with Crippen LogP contribution in [0.1, 0.15) is 66.2 Å². The lowest BCUT2D eigenvalue weighted by molar-refractivity contribution is 0.0115. The Bertz CT molecular complexity index is 885. The van der Waals surface area contributed by atoms with Crippen molar-refractivity contribution in [1.29, 1.82) is 0 Å². The molecular weight excluding hydrogens is 377 g/mol. The number of halogens is 5. The minimum atomic E-state index is -3.25. The summed E-state index contributed by atoms with van der Waals surface area (Å²) >= 11 is 0. The number of hydrogen-bond donors (Lipinski definition) is 0. The highest BCUT2D eigenvalue weighted by Gasteiger charge is 2.38. The van der Waals surface area contributed by atoms with Crippen LogP contribution in [-0.4, -0.2) is 10.8 Å². The summed E-state index contributed by atoms with van der Waals surface area (Å²) in [6.07, 6.45) is 2.43. The number of rotatable bonds is 6. The van der Waals surface area contributed by atoms with Gasteiger partial charge in [0.15, 0.2) is 5.78 Å². The van der Waals surface area contributed by atoms with E-state index in [1.54, 1.807) is 0 Å². The van der Waals surface area contributed by atoms with Gasteiger partial charge < -0.3 is 0 Å². The second-order valence-electron chi connectivity index (χ2n) is 7.48. The van der Waals surface area contributed by atoms with E-state index in [1.807, 2.05) is 0 Å². The Morgan fingerprint density at radius 2 is 1.82 bits per heavy atom. The van der Waals surface area contributed by atoms with E-state index in [9.17, 15) is 26.7 Å². The highest BCUT2D eigenvalue weighted by atomic mass is 19.3. The fourth-order valence-electron chi connectivity index (χ4n) is 3.65. The molecule has 0 saturated heterocycles. The molecule has 1 fully saturated rings. The van der Waals surface area contributed by atoms with Crippen LogP contribution in [0.15, 0.2) is 36.5 Å². The molecular formula is C21H20F5NO. The minimum absolute atomic E-state index is 0.0232. The van der Waals surface area contributed by atoms with E-state index in [2.05, 4.69) is 4.98 Å². The predicted octanol–water partition coefficient (Wildman–Crippen LogP) is 6.21. The van der Waals surface area contributed by atoms with Gasteiger partial charge >= 0.3 is 0 Å². The molecule has 7 heteroatoms. The van der Waals surface area contributed by atoms with Gasteiger partial charge in [-0.3, -0.25) is 9.78 Å². The van der Waals surface area contributed by atoms with E-state index < -0.39 is 34.7 Å². The first kappa shape index (κ1) is 20.4. The van der Waals surface area contributed by atoms with Gasteiger partial charge in [0.1, 0.15) is 11.5 Å². The van der Waals surface area contributed by atoms with E-state index in [0.29, 0.717) is 26.7 Å². The number of benzene rings is 1. The van der Waals surface area contributed by atoms with Crippen LogP contribution < -0.4 is 0 Å². The first-order valence-electron chi connectivity index (χ1n) is 9.02. The molecule has 0 unspecified atom stereocenters. The summed E-state index contributed by atoms with van der Waals surface area (Å²) < 4.78 is 68.5. The van der Waals surface area contributed by atoms with E-state index in [-0.39, 0.29) is 29.4 Å². The van der Waals surface area contributed by atoms with Crippen molar-refractivity contribution in [2.75, 3.05) is 0 Å². The summed E-state index contributed by atoms with van der Waals surface area (Å²) in [5.41, 5.74) is -0.839. The van der Waals surface area contributed by atoms with Crippen LogP contribution in [0.2, 0.25) is 0 Å². The molecule has 0 spiro atoms. The third kappa shape index (κ3) is 4.08. The fraction of sp³-hybridized carbons (Fsp3) is 0.429. The van der Waals surface area contributed by atoms with E-state index in [4.69, 9.17) is 0 Å². The molecule has 3 rings (SSSR count). The first-order chi connectivity index (χ1) is 13.0. The van der Waals surface area contributed by atoms with Crippen LogP contribution in [0.5, 0.6) is 0 Å². The summed E-state index contributed by atoms with van der Waals surface area (Å²) in [4.78, 5) is 16.2. The number of alkyl halides is 4. The Labute approximate surface area is 159 Å². The van der Waals surface area contributed by atoms with Crippen molar-refractivity contribution in [2.45, 2.75) is 50.9 Å². The molecule has 1 aromatic carbocycles. The van der Waals surface area contributed by atoms with Gasteiger partial charge in [-0.1, -0.05) is 12.1 Å². The zero-order valence-corrected chi connectivity index (χ0v) is 15.5. The number of hydrogen-bond acceptors (Lipinski definition) is 2. The van der Waals surface area contributed by atoms with Crippen molar-refractivity contribution in [3.8, 4) is 0 Å². The van der Waals surface area contributed by atoms with Crippen LogP contribution in [0, 0.1) is 11.7 Å². The molecule has 1 saturated carbocycles. The smallest absolute Gasteiger partial charge is 0.287 e. The minimum Gasteiger partial charge on any atom is -0.294 e. The van der Waals surface area contributed by atoms with Gasteiger partial charge in [0.05, 0.1) is 0 Å². The summed E-state index contributed by atoms with van der Waals surface area (Å²) in [6, 6.07) is 6.08. The van der Waals surface area contributed by atoms with Crippen LogP contribution in [0.4, 0.5) is 22.0 Å². The highest BCUT2D eigenvalue weighted by molar-refractivity contribution is 5.97. The molecule has 1 aliphatic carbocycles. The van der Waals surface area contributed by atoms with Gasteiger partial charge in [0.2, 0.25) is 0 Å². The van der Waals surface area contributed by atoms with Gasteiger partial charge in [-0.15, -0.1) is 0 Å². The summed E-state index contributed by atoms with van der Waals surface area (Å²) in [7, 11) is 0. The van der Waals surface area contributed by atoms with Crippen LogP contribution >= 0.6 is 0 Å². The topological polar surface area (TPSA) is 30.0 Å². The van der Waals surface area contributed by atoms with Crippen molar-refractivity contribution in [2.24, 2.45) is 5.92 Å². The maximum Gasteiger partial charge on any atom is 0.287 e. The van der Waals surface area contributed by atoms with Crippen molar-refractivity contribution >= 4 is 5.78 Å². The lowest BCUT2D eigenvalue weighted by atomic mass is 9.67. The van der Waals surface area contributed by atoms with Crippen LogP contribution in [-0.2, 0) is 11.8 Å². The number of pyridine rings is 1. The van der Waals surface area contributed by atoms with E-state index in [0.717, 1.165) is 6.07 Å². The molecule has 2 atom stereocenters. The Morgan fingerprint density at radius 3 is 2.36 bits per heavy atom. The molecule has 2 nitrogen and oxygen atoms in total. The number of ketones is 1. The van der Waals surface area contributed by atoms with Crippen molar-refractivity contribution in [3.05, 3.63) is 64.7 Å². The molecule has 1 aliphatic rings. The Balaban J connectivity index is 1.78. The van der Waals surface area contributed by atoms with E-state index in [1.165, 1.54) is 30.5 Å². The molecule has 2 aromatic rings. The predicted molar refractivity (Wildman–Crippen MR) is 94.2 cm³/mol. The number of aromatic nitrogens is 1. The molecule has 150 valence electrons. The summed E-state index contributed by atoms with van der Waals surface area (Å²) in [5, 5.41) is 0. The molecule has 0 amide bonds. The van der Waals surface area contributed by atoms with E-state index >= 15 is 0 Å². The molecule has 0 bridgehead atoms. The Hall–Kier alpha value is -2.31. The number of nitrogens with zero attached hydrogens (tertiary/aromatic N) is 1. The summed E-state index contributed by atoms with van der Waals surface area (Å²) in [5.74, 6) is -8.13. The number of carbonyl (C=O) groups is 1. The fourth-order valence-corrected chi connectivity index (χ4v) is 3.65. The van der Waals surface area contributed by atoms with Gasteiger partial charge in [-0.25, -0.2) is 13.2 Å². The third-order valence-electron chi connectivity index (χ3n) is 5.30. The zero-order valence-electron chi connectivity index (χ0n) is 15.5. The SMILES string of the molecule is CC(F)(F)c1ccc([C@H]2CC[C@H]2CC(=O)c2cccnc2C(C)(F)F)c(F)c1. The number of carbonyl (C=O) groups excluding carboxylic acids is 1. The second-order valence-corrected chi connectivity index (χ2v) is 7.48. The largest absolute Gasteiger partial charge is 0.294 e. The molecule has 0 N–H and O–H groups in total. The molecule has 28 heavy (non-hydrogen) atoms. The zero-order chi connectivity index (χ0) is 20.7. The third-order valence-corrected chi connectivity index (χ3v) is 5.30.